The predicted molar refractivity (Wildman–Crippen MR) is 71.8 cm³/mol. The van der Waals surface area contributed by atoms with E-state index >= 15 is 0 Å². The first-order valence-corrected chi connectivity index (χ1v) is 7.11. The molecule has 0 spiro atoms. The van der Waals surface area contributed by atoms with E-state index in [1.165, 1.54) is 19.4 Å². The van der Waals surface area contributed by atoms with Gasteiger partial charge in [-0.3, -0.25) is 4.90 Å². The highest BCUT2D eigenvalue weighted by Gasteiger charge is 2.23. The van der Waals surface area contributed by atoms with E-state index in [-0.39, 0.29) is 6.04 Å². The standard InChI is InChI=1S/C14H27N3/c1-4-13(5-2)12-16-7-9-17(10-8-16)14(6-3)11-15/h13-14H,4-10,12H2,1-3H3. The van der Waals surface area contributed by atoms with E-state index in [1.807, 2.05) is 0 Å². The maximum absolute atomic E-state index is 9.06. The molecule has 0 amide bonds. The van der Waals surface area contributed by atoms with Gasteiger partial charge in [-0.1, -0.05) is 33.6 Å². The van der Waals surface area contributed by atoms with Crippen molar-refractivity contribution in [1.29, 1.82) is 5.26 Å². The topological polar surface area (TPSA) is 30.3 Å². The number of nitrogens with zero attached hydrogens (tertiary/aromatic N) is 3. The third-order valence-electron chi connectivity index (χ3n) is 4.05. The normalized spacial score (nSPS) is 20.4. The van der Waals surface area contributed by atoms with Crippen LogP contribution in [0.1, 0.15) is 40.0 Å². The Balaban J connectivity index is 2.33. The van der Waals surface area contributed by atoms with Gasteiger partial charge in [0.25, 0.3) is 0 Å². The first-order chi connectivity index (χ1) is 8.24. The Morgan fingerprint density at radius 2 is 1.59 bits per heavy atom. The van der Waals surface area contributed by atoms with E-state index in [9.17, 15) is 0 Å². The Bertz CT molecular complexity index is 234. The fraction of sp³-hybridized carbons (Fsp3) is 0.929. The lowest BCUT2D eigenvalue weighted by atomic mass is 10.0. The molecular formula is C14H27N3. The minimum atomic E-state index is 0.130. The molecule has 1 rings (SSSR count). The Morgan fingerprint density at radius 1 is 1.00 bits per heavy atom. The van der Waals surface area contributed by atoms with Gasteiger partial charge < -0.3 is 4.90 Å². The second-order valence-corrected chi connectivity index (χ2v) is 5.07. The smallest absolute Gasteiger partial charge is 0.0976 e. The van der Waals surface area contributed by atoms with E-state index in [2.05, 4.69) is 36.6 Å². The molecule has 1 atom stereocenters. The van der Waals surface area contributed by atoms with Crippen molar-refractivity contribution in [2.75, 3.05) is 32.7 Å². The molecule has 0 bridgehead atoms. The minimum Gasteiger partial charge on any atom is -0.301 e. The van der Waals surface area contributed by atoms with Gasteiger partial charge in [0.05, 0.1) is 12.1 Å². The monoisotopic (exact) mass is 237 g/mol. The van der Waals surface area contributed by atoms with Crippen LogP contribution in [-0.2, 0) is 0 Å². The minimum absolute atomic E-state index is 0.130. The molecule has 0 N–H and O–H groups in total. The summed E-state index contributed by atoms with van der Waals surface area (Å²) < 4.78 is 0. The van der Waals surface area contributed by atoms with Crippen LogP contribution >= 0.6 is 0 Å². The van der Waals surface area contributed by atoms with Gasteiger partial charge in [0.1, 0.15) is 0 Å². The molecule has 0 radical (unpaired) electrons. The largest absolute Gasteiger partial charge is 0.301 e. The molecule has 1 fully saturated rings. The van der Waals surface area contributed by atoms with Crippen LogP contribution in [-0.4, -0.2) is 48.6 Å². The zero-order valence-corrected chi connectivity index (χ0v) is 11.7. The summed E-state index contributed by atoms with van der Waals surface area (Å²) in [6.07, 6.45) is 3.52. The molecule has 1 unspecified atom stereocenters. The van der Waals surface area contributed by atoms with Crippen LogP contribution in [0.3, 0.4) is 0 Å². The van der Waals surface area contributed by atoms with E-state index in [0.717, 1.165) is 38.5 Å². The summed E-state index contributed by atoms with van der Waals surface area (Å²) in [4.78, 5) is 4.90. The number of piperazine rings is 1. The van der Waals surface area contributed by atoms with Gasteiger partial charge in [-0.2, -0.15) is 5.26 Å². The van der Waals surface area contributed by atoms with Gasteiger partial charge in [-0.15, -0.1) is 0 Å². The molecule has 1 saturated heterocycles. The summed E-state index contributed by atoms with van der Waals surface area (Å²) in [6.45, 7) is 12.3. The summed E-state index contributed by atoms with van der Waals surface area (Å²) in [6, 6.07) is 2.54. The molecule has 0 aromatic heterocycles. The number of hydrogen-bond acceptors (Lipinski definition) is 3. The van der Waals surface area contributed by atoms with E-state index in [4.69, 9.17) is 5.26 Å². The second-order valence-electron chi connectivity index (χ2n) is 5.07. The highest BCUT2D eigenvalue weighted by Crippen LogP contribution is 2.13. The lowest BCUT2D eigenvalue weighted by molar-refractivity contribution is 0.0991. The van der Waals surface area contributed by atoms with Crippen molar-refractivity contribution in [3.8, 4) is 6.07 Å². The summed E-state index contributed by atoms with van der Waals surface area (Å²) in [5.41, 5.74) is 0. The van der Waals surface area contributed by atoms with Crippen molar-refractivity contribution in [2.45, 2.75) is 46.1 Å². The van der Waals surface area contributed by atoms with E-state index < -0.39 is 0 Å². The predicted octanol–water partition coefficient (Wildman–Crippen LogP) is 2.34. The van der Waals surface area contributed by atoms with Crippen LogP contribution in [0.5, 0.6) is 0 Å². The zero-order chi connectivity index (χ0) is 12.7. The molecule has 1 heterocycles. The summed E-state index contributed by atoms with van der Waals surface area (Å²) in [7, 11) is 0. The van der Waals surface area contributed by atoms with Crippen molar-refractivity contribution in [2.24, 2.45) is 5.92 Å². The molecule has 0 aromatic carbocycles. The van der Waals surface area contributed by atoms with Crippen LogP contribution in [0, 0.1) is 17.2 Å². The lowest BCUT2D eigenvalue weighted by Crippen LogP contribution is -2.50. The van der Waals surface area contributed by atoms with Crippen molar-refractivity contribution in [3.05, 3.63) is 0 Å². The van der Waals surface area contributed by atoms with Crippen LogP contribution in [0.15, 0.2) is 0 Å². The van der Waals surface area contributed by atoms with Gasteiger partial charge >= 0.3 is 0 Å². The first-order valence-electron chi connectivity index (χ1n) is 7.11. The van der Waals surface area contributed by atoms with Crippen LogP contribution < -0.4 is 0 Å². The van der Waals surface area contributed by atoms with Crippen molar-refractivity contribution in [1.82, 2.24) is 9.80 Å². The van der Waals surface area contributed by atoms with Gasteiger partial charge in [0, 0.05) is 32.7 Å². The molecule has 1 aliphatic rings. The first kappa shape index (κ1) is 14.5. The maximum Gasteiger partial charge on any atom is 0.0976 e. The average Bonchev–Trinajstić information content (AvgIpc) is 2.39. The number of nitriles is 1. The van der Waals surface area contributed by atoms with Crippen LogP contribution in [0.2, 0.25) is 0 Å². The van der Waals surface area contributed by atoms with Gasteiger partial charge in [0.2, 0.25) is 0 Å². The van der Waals surface area contributed by atoms with Crippen LogP contribution in [0.25, 0.3) is 0 Å². The SMILES string of the molecule is CCC(CC)CN1CCN(C(C#N)CC)CC1. The molecule has 3 heteroatoms. The Hall–Kier alpha value is -0.590. The number of rotatable bonds is 6. The van der Waals surface area contributed by atoms with Crippen molar-refractivity contribution >= 4 is 0 Å². The third kappa shape index (κ3) is 4.29. The molecular weight excluding hydrogens is 210 g/mol. The van der Waals surface area contributed by atoms with E-state index in [1.54, 1.807) is 0 Å². The number of hydrogen-bond donors (Lipinski definition) is 0. The molecule has 1 aliphatic heterocycles. The Labute approximate surface area is 106 Å². The maximum atomic E-state index is 9.06. The average molecular weight is 237 g/mol. The highest BCUT2D eigenvalue weighted by atomic mass is 15.3. The summed E-state index contributed by atoms with van der Waals surface area (Å²) in [5, 5.41) is 9.06. The summed E-state index contributed by atoms with van der Waals surface area (Å²) in [5.74, 6) is 0.847. The fourth-order valence-electron chi connectivity index (χ4n) is 2.60. The van der Waals surface area contributed by atoms with Gasteiger partial charge in [-0.25, -0.2) is 0 Å². The quantitative estimate of drug-likeness (QED) is 0.710. The molecule has 0 saturated carbocycles. The fourth-order valence-corrected chi connectivity index (χ4v) is 2.60. The molecule has 0 aliphatic carbocycles. The van der Waals surface area contributed by atoms with E-state index in [0.29, 0.717) is 0 Å². The van der Waals surface area contributed by atoms with Crippen molar-refractivity contribution < 1.29 is 0 Å². The van der Waals surface area contributed by atoms with Gasteiger partial charge in [-0.05, 0) is 12.3 Å². The van der Waals surface area contributed by atoms with Crippen molar-refractivity contribution in [3.63, 3.8) is 0 Å². The highest BCUT2D eigenvalue weighted by molar-refractivity contribution is 4.92. The third-order valence-corrected chi connectivity index (χ3v) is 4.05. The zero-order valence-electron chi connectivity index (χ0n) is 11.7. The Kier molecular flexibility index (Phi) is 6.54. The van der Waals surface area contributed by atoms with Crippen LogP contribution in [0.4, 0.5) is 0 Å². The lowest BCUT2D eigenvalue weighted by Gasteiger charge is -2.37. The molecule has 3 nitrogen and oxygen atoms in total. The molecule has 98 valence electrons. The molecule has 17 heavy (non-hydrogen) atoms. The van der Waals surface area contributed by atoms with Gasteiger partial charge in [0.15, 0.2) is 0 Å². The second kappa shape index (κ2) is 7.68. The summed E-state index contributed by atoms with van der Waals surface area (Å²) >= 11 is 0. The Morgan fingerprint density at radius 3 is 2.00 bits per heavy atom. The molecule has 0 aromatic rings.